The number of amides is 1. The number of carboxylic acid groups (broad SMARTS) is 1. The van der Waals surface area contributed by atoms with Crippen molar-refractivity contribution in [2.45, 2.75) is 58.0 Å². The van der Waals surface area contributed by atoms with Crippen molar-refractivity contribution in [2.75, 3.05) is 19.6 Å². The number of likely N-dealkylation sites (tertiary alicyclic amines) is 1. The summed E-state index contributed by atoms with van der Waals surface area (Å²) in [6.07, 6.45) is 3.68. The van der Waals surface area contributed by atoms with Crippen molar-refractivity contribution in [1.29, 1.82) is 0 Å². The molecule has 3 heterocycles. The average Bonchev–Trinajstić information content (AvgIpc) is 2.63. The average molecular weight is 420 g/mol. The molecule has 30 heavy (non-hydrogen) atoms. The van der Waals surface area contributed by atoms with Crippen molar-refractivity contribution in [3.63, 3.8) is 0 Å². The van der Waals surface area contributed by atoms with E-state index in [9.17, 15) is 24.7 Å². The molecule has 1 atom stereocenters. The number of nitrogens with zero attached hydrogens (tertiary/aromatic N) is 1. The minimum absolute atomic E-state index is 0. The predicted molar refractivity (Wildman–Crippen MR) is 108 cm³/mol. The summed E-state index contributed by atoms with van der Waals surface area (Å²) in [4.78, 5) is 25.8. The molecule has 1 unspecified atom stereocenters. The van der Waals surface area contributed by atoms with Crippen molar-refractivity contribution in [2.24, 2.45) is 0 Å². The van der Waals surface area contributed by atoms with Gasteiger partial charge in [0.15, 0.2) is 0 Å². The SMILES string of the molecule is C.O=C([O-])c1c(OC2CN(C(=O)CC3CCCCN3)C2)ccc2c1O[B-](O)(O)CC2. The van der Waals surface area contributed by atoms with Crippen molar-refractivity contribution in [1.82, 2.24) is 10.2 Å². The van der Waals surface area contributed by atoms with Gasteiger partial charge in [-0.05, 0) is 37.4 Å². The Balaban J connectivity index is 0.00000256. The number of benzene rings is 1. The van der Waals surface area contributed by atoms with Crippen LogP contribution < -0.4 is 19.8 Å². The number of hydrogen-bond donors (Lipinski definition) is 3. The molecule has 0 radical (unpaired) electrons. The smallest absolute Gasteiger partial charge is 0.430 e. The molecule has 1 amide bonds. The van der Waals surface area contributed by atoms with E-state index in [0.29, 0.717) is 25.1 Å². The van der Waals surface area contributed by atoms with Crippen LogP contribution in [0.2, 0.25) is 6.32 Å². The number of hydrogen-bond acceptors (Lipinski definition) is 8. The van der Waals surface area contributed by atoms with E-state index in [1.807, 2.05) is 0 Å². The van der Waals surface area contributed by atoms with Crippen molar-refractivity contribution < 1.29 is 34.1 Å². The Hall–Kier alpha value is -2.30. The number of carbonyl (C=O) groups excluding carboxylic acids is 2. The predicted octanol–water partition coefficient (Wildman–Crippen LogP) is -0.334. The first kappa shape index (κ1) is 22.4. The highest BCUT2D eigenvalue weighted by molar-refractivity contribution is 6.59. The Morgan fingerprint density at radius 1 is 1.30 bits per heavy atom. The van der Waals surface area contributed by atoms with E-state index in [0.717, 1.165) is 25.8 Å². The molecule has 10 heteroatoms. The standard InChI is InChI=1S/C19H26BN2O7.CH4/c23-16(9-13-3-1-2-8-21-13)22-10-14(11-22)28-15-5-4-12-6-7-20(26,27)29-18(12)17(15)19(24)25;/h4-5,13-14,21,26-27H,1-3,6-11H2,(H,24,25);1H4/q-1;/p-1. The molecular formula is C20H29BN2O7-2. The molecule has 0 saturated carbocycles. The molecule has 1 aromatic carbocycles. The van der Waals surface area contributed by atoms with E-state index < -0.39 is 12.7 Å². The lowest BCUT2D eigenvalue weighted by atomic mass is 9.70. The summed E-state index contributed by atoms with van der Waals surface area (Å²) in [7, 11) is 0. The van der Waals surface area contributed by atoms with Gasteiger partial charge in [0.1, 0.15) is 11.9 Å². The maximum absolute atomic E-state index is 12.4. The number of ether oxygens (including phenoxy) is 1. The van der Waals surface area contributed by atoms with Crippen LogP contribution in [0.5, 0.6) is 11.5 Å². The summed E-state index contributed by atoms with van der Waals surface area (Å²) in [5.74, 6) is -1.52. The third-order valence-electron chi connectivity index (χ3n) is 5.83. The largest absolute Gasteiger partial charge is 0.669 e. The molecule has 2 fully saturated rings. The Morgan fingerprint density at radius 3 is 2.73 bits per heavy atom. The van der Waals surface area contributed by atoms with Crippen LogP contribution >= 0.6 is 0 Å². The summed E-state index contributed by atoms with van der Waals surface area (Å²) >= 11 is 0. The monoisotopic (exact) mass is 420 g/mol. The van der Waals surface area contributed by atoms with Crippen LogP contribution in [0.15, 0.2) is 12.1 Å². The van der Waals surface area contributed by atoms with E-state index in [1.54, 1.807) is 11.0 Å². The van der Waals surface area contributed by atoms with Gasteiger partial charge in [0.05, 0.1) is 30.4 Å². The molecule has 2 saturated heterocycles. The molecule has 3 N–H and O–H groups in total. The molecule has 4 rings (SSSR count). The van der Waals surface area contributed by atoms with Gasteiger partial charge < -0.3 is 39.6 Å². The maximum Gasteiger partial charge on any atom is 0.430 e. The Labute approximate surface area is 176 Å². The zero-order valence-electron chi connectivity index (χ0n) is 16.1. The number of aryl methyl sites for hydroxylation is 1. The van der Waals surface area contributed by atoms with Crippen LogP contribution in [0.3, 0.4) is 0 Å². The van der Waals surface area contributed by atoms with Crippen LogP contribution in [0, 0.1) is 0 Å². The van der Waals surface area contributed by atoms with Gasteiger partial charge in [-0.15, -0.1) is 0 Å². The highest BCUT2D eigenvalue weighted by Crippen LogP contribution is 2.38. The Morgan fingerprint density at radius 2 is 2.07 bits per heavy atom. The maximum atomic E-state index is 12.4. The number of rotatable bonds is 5. The van der Waals surface area contributed by atoms with E-state index in [1.165, 1.54) is 6.07 Å². The van der Waals surface area contributed by atoms with Crippen molar-refractivity contribution in [3.8, 4) is 11.5 Å². The molecule has 166 valence electrons. The topological polar surface area (TPSA) is 131 Å². The first-order chi connectivity index (χ1) is 13.8. The molecule has 0 aliphatic carbocycles. The fourth-order valence-electron chi connectivity index (χ4n) is 4.16. The van der Waals surface area contributed by atoms with Crippen LogP contribution in [0.4, 0.5) is 0 Å². The number of carbonyl (C=O) groups is 2. The molecule has 3 aliphatic rings. The molecule has 0 bridgehead atoms. The van der Waals surface area contributed by atoms with Gasteiger partial charge in [-0.3, -0.25) is 4.79 Å². The molecular weight excluding hydrogens is 391 g/mol. The Kier molecular flexibility index (Phi) is 6.59. The minimum atomic E-state index is -3.10. The minimum Gasteiger partial charge on any atom is -0.669 e. The second-order valence-corrected chi connectivity index (χ2v) is 8.12. The van der Waals surface area contributed by atoms with E-state index in [4.69, 9.17) is 9.39 Å². The van der Waals surface area contributed by atoms with Gasteiger partial charge in [0.25, 0.3) is 0 Å². The fraction of sp³-hybridized carbons (Fsp3) is 0.600. The number of nitrogens with one attached hydrogen (secondary N) is 1. The molecule has 3 aliphatic heterocycles. The molecule has 0 aromatic heterocycles. The van der Waals surface area contributed by atoms with Gasteiger partial charge in [-0.1, -0.05) is 26.2 Å². The van der Waals surface area contributed by atoms with Gasteiger partial charge in [0.2, 0.25) is 5.91 Å². The van der Waals surface area contributed by atoms with Crippen LogP contribution in [-0.2, 0) is 11.2 Å². The van der Waals surface area contributed by atoms with Gasteiger partial charge >= 0.3 is 6.75 Å². The summed E-state index contributed by atoms with van der Waals surface area (Å²) in [6.45, 7) is -1.40. The number of aromatic carboxylic acids is 1. The number of carboxylic acids is 1. The lowest BCUT2D eigenvalue weighted by Gasteiger charge is -2.41. The summed E-state index contributed by atoms with van der Waals surface area (Å²) in [5.41, 5.74) is 0.232. The summed E-state index contributed by atoms with van der Waals surface area (Å²) in [6, 6.07) is 3.40. The van der Waals surface area contributed by atoms with Gasteiger partial charge in [-0.25, -0.2) is 0 Å². The third-order valence-corrected chi connectivity index (χ3v) is 5.83. The van der Waals surface area contributed by atoms with E-state index >= 15 is 0 Å². The van der Waals surface area contributed by atoms with Crippen LogP contribution in [0.25, 0.3) is 0 Å². The Bertz CT molecular complexity index is 805. The van der Waals surface area contributed by atoms with E-state index in [-0.39, 0.29) is 55.3 Å². The summed E-state index contributed by atoms with van der Waals surface area (Å²) < 4.78 is 10.9. The van der Waals surface area contributed by atoms with Crippen molar-refractivity contribution in [3.05, 3.63) is 23.3 Å². The normalized spacial score (nSPS) is 22.7. The first-order valence-electron chi connectivity index (χ1n) is 10.2. The second-order valence-electron chi connectivity index (χ2n) is 8.12. The zero-order chi connectivity index (χ0) is 20.6. The molecule has 0 spiro atoms. The first-order valence-corrected chi connectivity index (χ1v) is 10.2. The molecule has 1 aromatic rings. The van der Waals surface area contributed by atoms with Gasteiger partial charge in [-0.2, -0.15) is 0 Å². The van der Waals surface area contributed by atoms with Crippen LogP contribution in [0.1, 0.15) is 49.0 Å². The summed E-state index contributed by atoms with van der Waals surface area (Å²) in [5, 5.41) is 34.6. The fourth-order valence-corrected chi connectivity index (χ4v) is 4.16. The lowest BCUT2D eigenvalue weighted by molar-refractivity contribution is -0.255. The van der Waals surface area contributed by atoms with Gasteiger partial charge in [0, 0.05) is 12.5 Å². The third kappa shape index (κ3) is 4.71. The van der Waals surface area contributed by atoms with Crippen LogP contribution in [-0.4, -0.2) is 65.4 Å². The van der Waals surface area contributed by atoms with Crippen molar-refractivity contribution >= 4 is 18.6 Å². The van der Waals surface area contributed by atoms with E-state index in [2.05, 4.69) is 5.32 Å². The highest BCUT2D eigenvalue weighted by Gasteiger charge is 2.35. The second kappa shape index (κ2) is 8.83. The number of fused-ring (bicyclic) bond motifs is 1. The quantitative estimate of drug-likeness (QED) is 0.552. The zero-order valence-corrected chi connectivity index (χ0v) is 16.1. The highest BCUT2D eigenvalue weighted by atomic mass is 16.6. The lowest BCUT2D eigenvalue weighted by Crippen LogP contribution is -2.57. The number of piperidine rings is 1. The molecule has 9 nitrogen and oxygen atoms in total.